The van der Waals surface area contributed by atoms with Crippen LogP contribution in [0.1, 0.15) is 24.0 Å². The molecule has 3 heteroatoms. The Bertz CT molecular complexity index is 647. The van der Waals surface area contributed by atoms with E-state index < -0.39 is 5.41 Å². The van der Waals surface area contributed by atoms with Crippen molar-refractivity contribution in [3.05, 3.63) is 65.5 Å². The molecule has 1 aliphatic rings. The van der Waals surface area contributed by atoms with Gasteiger partial charge in [0, 0.05) is 5.69 Å². The molecule has 2 aromatic carbocycles. The Kier molecular flexibility index (Phi) is 3.05. The molecular formula is C17H16FNO. The number of aryl methyl sites for hydroxylation is 1. The Morgan fingerprint density at radius 1 is 1.15 bits per heavy atom. The van der Waals surface area contributed by atoms with Crippen molar-refractivity contribution in [2.45, 2.75) is 25.2 Å². The van der Waals surface area contributed by atoms with Crippen LogP contribution in [0.25, 0.3) is 0 Å². The van der Waals surface area contributed by atoms with E-state index in [1.165, 1.54) is 6.07 Å². The van der Waals surface area contributed by atoms with Gasteiger partial charge in [-0.05, 0) is 43.0 Å². The van der Waals surface area contributed by atoms with Gasteiger partial charge in [-0.25, -0.2) is 4.39 Å². The highest BCUT2D eigenvalue weighted by molar-refractivity contribution is 6.01. The molecule has 1 N–H and O–H groups in total. The van der Waals surface area contributed by atoms with Crippen LogP contribution < -0.4 is 5.32 Å². The number of halogens is 1. The summed E-state index contributed by atoms with van der Waals surface area (Å²) in [6.45, 7) is 1.70. The molecule has 102 valence electrons. The van der Waals surface area contributed by atoms with Crippen molar-refractivity contribution in [2.24, 2.45) is 0 Å². The van der Waals surface area contributed by atoms with E-state index in [2.05, 4.69) is 5.32 Å². The highest BCUT2D eigenvalue weighted by atomic mass is 19.1. The van der Waals surface area contributed by atoms with Gasteiger partial charge < -0.3 is 5.32 Å². The molecule has 0 radical (unpaired) electrons. The maximum Gasteiger partial charge on any atom is 0.235 e. The molecule has 0 bridgehead atoms. The van der Waals surface area contributed by atoms with Crippen LogP contribution in [-0.2, 0) is 10.2 Å². The summed E-state index contributed by atoms with van der Waals surface area (Å²) >= 11 is 0. The van der Waals surface area contributed by atoms with Crippen LogP contribution in [0.2, 0.25) is 0 Å². The first-order valence-electron chi connectivity index (χ1n) is 6.75. The van der Waals surface area contributed by atoms with E-state index in [-0.39, 0.29) is 11.7 Å². The summed E-state index contributed by atoms with van der Waals surface area (Å²) in [6, 6.07) is 14.5. The number of benzene rings is 2. The monoisotopic (exact) mass is 269 g/mol. The molecule has 0 heterocycles. The van der Waals surface area contributed by atoms with E-state index in [1.807, 2.05) is 30.3 Å². The van der Waals surface area contributed by atoms with E-state index in [4.69, 9.17) is 0 Å². The van der Waals surface area contributed by atoms with Crippen LogP contribution in [0, 0.1) is 12.7 Å². The number of rotatable bonds is 3. The lowest BCUT2D eigenvalue weighted by atomic mass is 9.95. The molecule has 3 rings (SSSR count). The maximum absolute atomic E-state index is 13.5. The smallest absolute Gasteiger partial charge is 0.235 e. The van der Waals surface area contributed by atoms with Crippen molar-refractivity contribution in [3.63, 3.8) is 0 Å². The topological polar surface area (TPSA) is 29.1 Å². The summed E-state index contributed by atoms with van der Waals surface area (Å²) in [6.07, 6.45) is 1.69. The second-order valence-corrected chi connectivity index (χ2v) is 5.37. The Morgan fingerprint density at radius 2 is 1.85 bits per heavy atom. The van der Waals surface area contributed by atoms with Crippen molar-refractivity contribution in [1.82, 2.24) is 0 Å². The summed E-state index contributed by atoms with van der Waals surface area (Å²) in [4.78, 5) is 12.5. The van der Waals surface area contributed by atoms with E-state index >= 15 is 0 Å². The van der Waals surface area contributed by atoms with Crippen molar-refractivity contribution < 1.29 is 9.18 Å². The minimum atomic E-state index is -0.428. The Hall–Kier alpha value is -2.16. The molecule has 1 amide bonds. The Morgan fingerprint density at radius 3 is 2.45 bits per heavy atom. The van der Waals surface area contributed by atoms with Crippen molar-refractivity contribution in [1.29, 1.82) is 0 Å². The molecule has 0 aromatic heterocycles. The second kappa shape index (κ2) is 4.75. The van der Waals surface area contributed by atoms with E-state index in [9.17, 15) is 9.18 Å². The molecule has 0 spiro atoms. The summed E-state index contributed by atoms with van der Waals surface area (Å²) in [5.74, 6) is -0.348. The highest BCUT2D eigenvalue weighted by Crippen LogP contribution is 2.48. The van der Waals surface area contributed by atoms with Gasteiger partial charge in [-0.3, -0.25) is 4.79 Å². The fourth-order valence-electron chi connectivity index (χ4n) is 2.45. The van der Waals surface area contributed by atoms with E-state index in [1.54, 1.807) is 19.1 Å². The van der Waals surface area contributed by atoms with Gasteiger partial charge in [-0.1, -0.05) is 36.4 Å². The predicted molar refractivity (Wildman–Crippen MR) is 77.1 cm³/mol. The number of hydrogen-bond donors (Lipinski definition) is 1. The minimum Gasteiger partial charge on any atom is -0.325 e. The van der Waals surface area contributed by atoms with Gasteiger partial charge in [0.05, 0.1) is 5.41 Å². The van der Waals surface area contributed by atoms with Gasteiger partial charge in [0.25, 0.3) is 0 Å². The van der Waals surface area contributed by atoms with Crippen molar-refractivity contribution >= 4 is 11.6 Å². The van der Waals surface area contributed by atoms with Crippen LogP contribution in [0.3, 0.4) is 0 Å². The Balaban J connectivity index is 1.81. The zero-order valence-corrected chi connectivity index (χ0v) is 11.3. The number of nitrogens with one attached hydrogen (secondary N) is 1. The normalized spacial score (nSPS) is 15.7. The molecular weight excluding hydrogens is 253 g/mol. The third-order valence-electron chi connectivity index (χ3n) is 3.94. The summed E-state index contributed by atoms with van der Waals surface area (Å²) in [7, 11) is 0. The van der Waals surface area contributed by atoms with E-state index in [0.29, 0.717) is 11.3 Å². The van der Waals surface area contributed by atoms with Gasteiger partial charge in [-0.15, -0.1) is 0 Å². The Labute approximate surface area is 117 Å². The second-order valence-electron chi connectivity index (χ2n) is 5.37. The molecule has 20 heavy (non-hydrogen) atoms. The highest BCUT2D eigenvalue weighted by Gasteiger charge is 2.51. The first-order chi connectivity index (χ1) is 9.62. The van der Waals surface area contributed by atoms with Crippen LogP contribution in [0.15, 0.2) is 48.5 Å². The molecule has 1 aliphatic carbocycles. The van der Waals surface area contributed by atoms with E-state index in [0.717, 1.165) is 18.4 Å². The quantitative estimate of drug-likeness (QED) is 0.902. The zero-order chi connectivity index (χ0) is 14.2. The van der Waals surface area contributed by atoms with Gasteiger partial charge in [0.15, 0.2) is 0 Å². The van der Waals surface area contributed by atoms with Crippen molar-refractivity contribution in [2.75, 3.05) is 5.32 Å². The fraction of sp³-hybridized carbons (Fsp3) is 0.235. The van der Waals surface area contributed by atoms with Gasteiger partial charge >= 0.3 is 0 Å². The minimum absolute atomic E-state index is 0.0491. The first kappa shape index (κ1) is 12.9. The van der Waals surface area contributed by atoms with Gasteiger partial charge in [0.1, 0.15) is 5.82 Å². The average Bonchev–Trinajstić information content (AvgIpc) is 3.26. The number of amides is 1. The largest absolute Gasteiger partial charge is 0.325 e. The average molecular weight is 269 g/mol. The SMILES string of the molecule is Cc1ccc(NC(=O)C2(c3ccccc3)CC2)cc1F. The number of hydrogen-bond acceptors (Lipinski definition) is 1. The van der Waals surface area contributed by atoms with Crippen LogP contribution in [0.5, 0.6) is 0 Å². The van der Waals surface area contributed by atoms with Crippen LogP contribution in [-0.4, -0.2) is 5.91 Å². The zero-order valence-electron chi connectivity index (χ0n) is 11.3. The van der Waals surface area contributed by atoms with Crippen molar-refractivity contribution in [3.8, 4) is 0 Å². The molecule has 1 fully saturated rings. The number of anilines is 1. The molecule has 0 atom stereocenters. The summed E-state index contributed by atoms with van der Waals surface area (Å²) in [5, 5.41) is 2.83. The third kappa shape index (κ3) is 2.20. The number of carbonyl (C=O) groups excluding carboxylic acids is 1. The molecule has 2 nitrogen and oxygen atoms in total. The van der Waals surface area contributed by atoms with Gasteiger partial charge in [-0.2, -0.15) is 0 Å². The lowest BCUT2D eigenvalue weighted by Crippen LogP contribution is -2.27. The maximum atomic E-state index is 13.5. The molecule has 0 unspecified atom stereocenters. The lowest BCUT2D eigenvalue weighted by molar-refractivity contribution is -0.118. The third-order valence-corrected chi connectivity index (χ3v) is 3.94. The van der Waals surface area contributed by atoms with Crippen LogP contribution in [0.4, 0.5) is 10.1 Å². The predicted octanol–water partition coefficient (Wildman–Crippen LogP) is 3.80. The van der Waals surface area contributed by atoms with Gasteiger partial charge in [0.2, 0.25) is 5.91 Å². The first-order valence-corrected chi connectivity index (χ1v) is 6.75. The molecule has 0 saturated heterocycles. The lowest BCUT2D eigenvalue weighted by Gasteiger charge is -2.16. The summed E-state index contributed by atoms with van der Waals surface area (Å²) in [5.41, 5.74) is 1.69. The number of carbonyl (C=O) groups is 1. The molecule has 2 aromatic rings. The molecule has 0 aliphatic heterocycles. The standard InChI is InChI=1S/C17H16FNO/c1-12-7-8-14(11-15(12)18)19-16(20)17(9-10-17)13-5-3-2-4-6-13/h2-8,11H,9-10H2,1H3,(H,19,20). The van der Waals surface area contributed by atoms with Crippen LogP contribution >= 0.6 is 0 Å². The summed E-state index contributed by atoms with van der Waals surface area (Å²) < 4.78 is 13.5. The molecule has 1 saturated carbocycles. The fourth-order valence-corrected chi connectivity index (χ4v) is 2.45.